The minimum Gasteiger partial charge on any atom is -0.493 e. The van der Waals surface area contributed by atoms with Gasteiger partial charge in [0.15, 0.2) is 11.5 Å². The molecule has 22 heavy (non-hydrogen) atoms. The van der Waals surface area contributed by atoms with Crippen LogP contribution in [0, 0.1) is 12.7 Å². The van der Waals surface area contributed by atoms with E-state index in [1.165, 1.54) is 19.2 Å². The predicted octanol–water partition coefficient (Wildman–Crippen LogP) is 3.79. The molecule has 1 amide bonds. The average Bonchev–Trinajstić information content (AvgIpc) is 2.50. The molecule has 0 radical (unpaired) electrons. The summed E-state index contributed by atoms with van der Waals surface area (Å²) in [7, 11) is 1.50. The Bertz CT molecular complexity index is 686. The molecule has 0 spiro atoms. The Balaban J connectivity index is 2.22. The molecule has 0 aliphatic rings. The van der Waals surface area contributed by atoms with Crippen LogP contribution in [0.2, 0.25) is 0 Å². The first-order valence-electron chi connectivity index (χ1n) is 6.93. The van der Waals surface area contributed by atoms with Gasteiger partial charge in [0.05, 0.1) is 19.4 Å². The predicted molar refractivity (Wildman–Crippen MR) is 83.3 cm³/mol. The van der Waals surface area contributed by atoms with Gasteiger partial charge in [-0.15, -0.1) is 0 Å². The van der Waals surface area contributed by atoms with Gasteiger partial charge in [0.2, 0.25) is 0 Å². The maximum absolute atomic E-state index is 13.8. The summed E-state index contributed by atoms with van der Waals surface area (Å²) in [5.41, 5.74) is 1.29. The van der Waals surface area contributed by atoms with E-state index >= 15 is 0 Å². The first-order valence-corrected chi connectivity index (χ1v) is 6.93. The third-order valence-electron chi connectivity index (χ3n) is 3.10. The van der Waals surface area contributed by atoms with E-state index < -0.39 is 11.7 Å². The SMILES string of the molecule is CCOc1ccc(C(=O)Nc2ccc(C)cc2F)cc1OC. The fourth-order valence-corrected chi connectivity index (χ4v) is 2.00. The first-order chi connectivity index (χ1) is 10.5. The zero-order valence-electron chi connectivity index (χ0n) is 12.8. The lowest BCUT2D eigenvalue weighted by Crippen LogP contribution is -2.13. The van der Waals surface area contributed by atoms with Crippen LogP contribution in [0.25, 0.3) is 0 Å². The van der Waals surface area contributed by atoms with Crippen molar-refractivity contribution >= 4 is 11.6 Å². The van der Waals surface area contributed by atoms with Crippen molar-refractivity contribution in [3.05, 3.63) is 53.3 Å². The van der Waals surface area contributed by atoms with Crippen molar-refractivity contribution in [3.63, 3.8) is 0 Å². The van der Waals surface area contributed by atoms with Crippen LogP contribution in [0.3, 0.4) is 0 Å². The van der Waals surface area contributed by atoms with E-state index in [4.69, 9.17) is 9.47 Å². The highest BCUT2D eigenvalue weighted by Gasteiger charge is 2.13. The molecule has 0 aliphatic heterocycles. The second-order valence-corrected chi connectivity index (χ2v) is 4.74. The summed E-state index contributed by atoms with van der Waals surface area (Å²) in [6.45, 7) is 4.14. The summed E-state index contributed by atoms with van der Waals surface area (Å²) in [5, 5.41) is 2.55. The van der Waals surface area contributed by atoms with E-state index in [0.717, 1.165) is 5.56 Å². The number of carbonyl (C=O) groups excluding carboxylic acids is 1. The van der Waals surface area contributed by atoms with E-state index in [1.807, 2.05) is 6.92 Å². The molecule has 2 rings (SSSR count). The maximum Gasteiger partial charge on any atom is 0.255 e. The molecule has 0 atom stereocenters. The van der Waals surface area contributed by atoms with Gasteiger partial charge < -0.3 is 14.8 Å². The number of hydrogen-bond acceptors (Lipinski definition) is 3. The largest absolute Gasteiger partial charge is 0.493 e. The van der Waals surface area contributed by atoms with Gasteiger partial charge in [0, 0.05) is 5.56 Å². The van der Waals surface area contributed by atoms with Crippen LogP contribution in [0.5, 0.6) is 11.5 Å². The lowest BCUT2D eigenvalue weighted by Gasteiger charge is -2.11. The van der Waals surface area contributed by atoms with Crippen molar-refractivity contribution in [2.24, 2.45) is 0 Å². The molecule has 0 heterocycles. The minimum atomic E-state index is -0.466. The Labute approximate surface area is 128 Å². The van der Waals surface area contributed by atoms with Gasteiger partial charge in [-0.1, -0.05) is 6.07 Å². The molecule has 0 aromatic heterocycles. The third kappa shape index (κ3) is 3.55. The summed E-state index contributed by atoms with van der Waals surface area (Å²) < 4.78 is 24.4. The van der Waals surface area contributed by atoms with Gasteiger partial charge in [0.25, 0.3) is 5.91 Å². The Morgan fingerprint density at radius 2 is 1.95 bits per heavy atom. The number of hydrogen-bond donors (Lipinski definition) is 1. The second-order valence-electron chi connectivity index (χ2n) is 4.74. The number of rotatable bonds is 5. The van der Waals surface area contributed by atoms with E-state index in [2.05, 4.69) is 5.32 Å². The molecular formula is C17H18FNO3. The smallest absolute Gasteiger partial charge is 0.255 e. The van der Waals surface area contributed by atoms with Crippen LogP contribution in [-0.4, -0.2) is 19.6 Å². The number of ether oxygens (including phenoxy) is 2. The minimum absolute atomic E-state index is 0.142. The molecule has 0 aliphatic carbocycles. The van der Waals surface area contributed by atoms with Crippen LogP contribution in [0.15, 0.2) is 36.4 Å². The molecule has 1 N–H and O–H groups in total. The molecule has 5 heteroatoms. The number of halogens is 1. The van der Waals surface area contributed by atoms with Crippen molar-refractivity contribution in [1.82, 2.24) is 0 Å². The van der Waals surface area contributed by atoms with Gasteiger partial charge in [-0.3, -0.25) is 4.79 Å². The van der Waals surface area contributed by atoms with Crippen LogP contribution in [0.4, 0.5) is 10.1 Å². The Morgan fingerprint density at radius 3 is 2.59 bits per heavy atom. The molecular weight excluding hydrogens is 285 g/mol. The Morgan fingerprint density at radius 1 is 1.18 bits per heavy atom. The molecule has 4 nitrogen and oxygen atoms in total. The molecule has 0 fully saturated rings. The van der Waals surface area contributed by atoms with E-state index in [0.29, 0.717) is 23.7 Å². The van der Waals surface area contributed by atoms with Crippen molar-refractivity contribution in [3.8, 4) is 11.5 Å². The van der Waals surface area contributed by atoms with Gasteiger partial charge in [-0.05, 0) is 49.7 Å². The highest BCUT2D eigenvalue weighted by Crippen LogP contribution is 2.28. The number of methoxy groups -OCH3 is 1. The first kappa shape index (κ1) is 15.8. The summed E-state index contributed by atoms with van der Waals surface area (Å²) in [6.07, 6.45) is 0. The maximum atomic E-state index is 13.8. The van der Waals surface area contributed by atoms with Crippen LogP contribution in [0.1, 0.15) is 22.8 Å². The molecule has 2 aromatic rings. The highest BCUT2D eigenvalue weighted by atomic mass is 19.1. The van der Waals surface area contributed by atoms with Gasteiger partial charge in [-0.25, -0.2) is 4.39 Å². The second kappa shape index (κ2) is 6.93. The van der Waals surface area contributed by atoms with Gasteiger partial charge in [0.1, 0.15) is 5.82 Å². The standard InChI is InChI=1S/C17H18FNO3/c1-4-22-15-8-6-12(10-16(15)21-3)17(20)19-14-7-5-11(2)9-13(14)18/h5-10H,4H2,1-3H3,(H,19,20). The lowest BCUT2D eigenvalue weighted by molar-refractivity contribution is 0.102. The lowest BCUT2D eigenvalue weighted by atomic mass is 10.1. The summed E-state index contributed by atoms with van der Waals surface area (Å²) >= 11 is 0. The molecule has 116 valence electrons. The van der Waals surface area contributed by atoms with Crippen molar-refractivity contribution in [2.75, 3.05) is 19.0 Å². The number of benzene rings is 2. The number of aryl methyl sites for hydroxylation is 1. The molecule has 2 aromatic carbocycles. The van der Waals surface area contributed by atoms with E-state index in [-0.39, 0.29) is 5.69 Å². The monoisotopic (exact) mass is 303 g/mol. The summed E-state index contributed by atoms with van der Waals surface area (Å²) in [5.74, 6) is 0.136. The van der Waals surface area contributed by atoms with Crippen LogP contribution >= 0.6 is 0 Å². The van der Waals surface area contributed by atoms with Gasteiger partial charge in [-0.2, -0.15) is 0 Å². The topological polar surface area (TPSA) is 47.6 Å². The van der Waals surface area contributed by atoms with Gasteiger partial charge >= 0.3 is 0 Å². The fraction of sp³-hybridized carbons (Fsp3) is 0.235. The van der Waals surface area contributed by atoms with E-state index in [9.17, 15) is 9.18 Å². The number of amides is 1. The van der Waals surface area contributed by atoms with Crippen molar-refractivity contribution in [1.29, 1.82) is 0 Å². The quantitative estimate of drug-likeness (QED) is 0.914. The van der Waals surface area contributed by atoms with Crippen molar-refractivity contribution < 1.29 is 18.7 Å². The van der Waals surface area contributed by atoms with Crippen LogP contribution in [-0.2, 0) is 0 Å². The van der Waals surface area contributed by atoms with E-state index in [1.54, 1.807) is 31.2 Å². The van der Waals surface area contributed by atoms with Crippen molar-refractivity contribution in [2.45, 2.75) is 13.8 Å². The number of nitrogens with one attached hydrogen (secondary N) is 1. The molecule has 0 bridgehead atoms. The summed E-state index contributed by atoms with van der Waals surface area (Å²) in [6, 6.07) is 9.46. The zero-order chi connectivity index (χ0) is 16.1. The molecule has 0 unspecified atom stereocenters. The zero-order valence-corrected chi connectivity index (χ0v) is 12.8. The third-order valence-corrected chi connectivity index (χ3v) is 3.10. The highest BCUT2D eigenvalue weighted by molar-refractivity contribution is 6.04. The number of carbonyl (C=O) groups is 1. The Kier molecular flexibility index (Phi) is 4.99. The molecule has 0 saturated heterocycles. The molecule has 0 saturated carbocycles. The number of anilines is 1. The Hall–Kier alpha value is -2.56. The fourth-order valence-electron chi connectivity index (χ4n) is 2.00. The average molecular weight is 303 g/mol. The summed E-state index contributed by atoms with van der Waals surface area (Å²) in [4.78, 5) is 12.2. The van der Waals surface area contributed by atoms with Crippen LogP contribution < -0.4 is 14.8 Å². The normalized spacial score (nSPS) is 10.2.